The molecule has 0 aliphatic carbocycles. The molecule has 11 heteroatoms. The summed E-state index contributed by atoms with van der Waals surface area (Å²) in [7, 11) is 0. The number of anilines is 2. The lowest BCUT2D eigenvalue weighted by Crippen LogP contribution is -2.53. The number of hydrogen-bond donors (Lipinski definition) is 0. The van der Waals surface area contributed by atoms with Gasteiger partial charge >= 0.3 is 0 Å². The van der Waals surface area contributed by atoms with Crippen LogP contribution in [-0.4, -0.2) is 28.6 Å². The number of rotatable bonds is 6. The first-order valence-electron chi connectivity index (χ1n) is 13.4. The van der Waals surface area contributed by atoms with Gasteiger partial charge in [0.05, 0.1) is 16.6 Å². The van der Waals surface area contributed by atoms with Gasteiger partial charge in [0.2, 0.25) is 10.9 Å². The summed E-state index contributed by atoms with van der Waals surface area (Å²) >= 11 is 8.65. The van der Waals surface area contributed by atoms with E-state index in [2.05, 4.69) is 16.8 Å². The Balaban J connectivity index is 1.44. The highest BCUT2D eigenvalue weighted by Crippen LogP contribution is 2.54. The molecule has 0 saturated heterocycles. The van der Waals surface area contributed by atoms with Gasteiger partial charge in [0.15, 0.2) is 15.3 Å². The summed E-state index contributed by atoms with van der Waals surface area (Å²) in [6, 6.07) is 18.2. The van der Waals surface area contributed by atoms with Crippen molar-refractivity contribution in [3.05, 3.63) is 122 Å². The van der Waals surface area contributed by atoms with Gasteiger partial charge in [-0.15, -0.1) is 16.8 Å². The number of carbonyl (C=O) groups excluding carboxylic acids is 2. The van der Waals surface area contributed by atoms with Crippen LogP contribution in [0, 0.1) is 13.8 Å². The van der Waals surface area contributed by atoms with Gasteiger partial charge < -0.3 is 9.32 Å². The molecule has 1 spiro atoms. The molecule has 2 aliphatic rings. The van der Waals surface area contributed by atoms with Crippen molar-refractivity contribution in [3.8, 4) is 0 Å². The fraction of sp³-hybridized carbons (Fsp3) is 0.156. The molecular weight excluding hydrogens is 604 g/mol. The van der Waals surface area contributed by atoms with Crippen LogP contribution in [0.2, 0.25) is 5.02 Å². The number of amides is 2. The lowest BCUT2D eigenvalue weighted by atomic mass is 9.84. The average Bonchev–Trinajstić information content (AvgIpc) is 3.63. The Morgan fingerprint density at radius 3 is 2.56 bits per heavy atom. The number of benzene rings is 3. The summed E-state index contributed by atoms with van der Waals surface area (Å²) in [4.78, 5) is 46.3. The van der Waals surface area contributed by atoms with Crippen LogP contribution in [-0.2, 0) is 16.1 Å². The van der Waals surface area contributed by atoms with Crippen LogP contribution < -0.4 is 15.2 Å². The monoisotopic (exact) mass is 626 g/mol. The fourth-order valence-electron chi connectivity index (χ4n) is 5.81. The molecule has 5 aromatic rings. The summed E-state index contributed by atoms with van der Waals surface area (Å²) in [5, 5.41) is 9.87. The number of aryl methyl sites for hydroxylation is 2. The van der Waals surface area contributed by atoms with Crippen LogP contribution in [0.4, 0.5) is 10.8 Å². The van der Waals surface area contributed by atoms with E-state index in [1.807, 2.05) is 44.2 Å². The summed E-state index contributed by atoms with van der Waals surface area (Å²) in [5.41, 5.74) is 1.95. The Kier molecular flexibility index (Phi) is 6.53. The Labute approximate surface area is 259 Å². The molecule has 8 nitrogen and oxygen atoms in total. The first kappa shape index (κ1) is 27.6. The third-order valence-electron chi connectivity index (χ3n) is 7.91. The van der Waals surface area contributed by atoms with E-state index < -0.39 is 22.8 Å². The normalized spacial score (nSPS) is 17.3. The largest absolute Gasteiger partial charge is 0.450 e. The molecule has 214 valence electrons. The van der Waals surface area contributed by atoms with E-state index in [1.54, 1.807) is 41.3 Å². The van der Waals surface area contributed by atoms with Crippen LogP contribution in [0.3, 0.4) is 0 Å². The molecule has 0 N–H and O–H groups in total. The number of halogens is 1. The number of fused-ring (bicyclic) bond motifs is 5. The molecule has 3 aromatic carbocycles. The van der Waals surface area contributed by atoms with Gasteiger partial charge in [0.1, 0.15) is 5.58 Å². The minimum atomic E-state index is -1.82. The SMILES string of the molecule is C=CCN1C(=O)C2(c3ccccc31)c1c(oc3cc(C)c(C)cc3c1=O)C(=O)N2c1nnc(SCc2ccc(Cl)cc2)s1. The lowest BCUT2D eigenvalue weighted by molar-refractivity contribution is -0.121. The molecule has 0 radical (unpaired) electrons. The summed E-state index contributed by atoms with van der Waals surface area (Å²) in [6.07, 6.45) is 1.61. The predicted octanol–water partition coefficient (Wildman–Crippen LogP) is 6.64. The van der Waals surface area contributed by atoms with Crippen molar-refractivity contribution in [1.82, 2.24) is 10.2 Å². The van der Waals surface area contributed by atoms with Gasteiger partial charge in [-0.2, -0.15) is 0 Å². The van der Waals surface area contributed by atoms with Gasteiger partial charge in [0.25, 0.3) is 11.8 Å². The predicted molar refractivity (Wildman–Crippen MR) is 169 cm³/mol. The molecule has 1 unspecified atom stereocenters. The Bertz CT molecular complexity index is 2060. The van der Waals surface area contributed by atoms with Crippen molar-refractivity contribution < 1.29 is 14.0 Å². The Morgan fingerprint density at radius 1 is 1.05 bits per heavy atom. The average molecular weight is 627 g/mol. The zero-order chi connectivity index (χ0) is 30.0. The molecule has 4 heterocycles. The number of carbonyl (C=O) groups is 2. The summed E-state index contributed by atoms with van der Waals surface area (Å²) in [5.74, 6) is -0.651. The number of hydrogen-bond acceptors (Lipinski definition) is 8. The third kappa shape index (κ3) is 4.01. The molecular formula is C32H23ClN4O4S2. The zero-order valence-corrected chi connectivity index (χ0v) is 25.5. The highest BCUT2D eigenvalue weighted by atomic mass is 35.5. The summed E-state index contributed by atoms with van der Waals surface area (Å²) in [6.45, 7) is 7.83. The molecule has 2 aromatic heterocycles. The fourth-order valence-corrected chi connectivity index (χ4v) is 7.78. The lowest BCUT2D eigenvalue weighted by Gasteiger charge is -2.31. The highest BCUT2D eigenvalue weighted by Gasteiger charge is 2.66. The molecule has 2 amide bonds. The third-order valence-corrected chi connectivity index (χ3v) is 10.3. The maximum Gasteiger partial charge on any atom is 0.297 e. The van der Waals surface area contributed by atoms with Crippen molar-refractivity contribution in [2.45, 2.75) is 29.5 Å². The molecule has 0 fully saturated rings. The molecule has 2 aliphatic heterocycles. The van der Waals surface area contributed by atoms with E-state index in [-0.39, 0.29) is 28.6 Å². The molecule has 0 bridgehead atoms. The van der Waals surface area contributed by atoms with Crippen LogP contribution in [0.1, 0.15) is 38.4 Å². The molecule has 43 heavy (non-hydrogen) atoms. The number of aromatic nitrogens is 2. The highest BCUT2D eigenvalue weighted by molar-refractivity contribution is 8.00. The first-order chi connectivity index (χ1) is 20.7. The van der Waals surface area contributed by atoms with Gasteiger partial charge in [-0.1, -0.05) is 71.1 Å². The van der Waals surface area contributed by atoms with Crippen molar-refractivity contribution in [2.24, 2.45) is 0 Å². The minimum Gasteiger partial charge on any atom is -0.450 e. The summed E-state index contributed by atoms with van der Waals surface area (Å²) < 4.78 is 6.81. The minimum absolute atomic E-state index is 0.0113. The first-order valence-corrected chi connectivity index (χ1v) is 15.6. The molecule has 0 saturated carbocycles. The van der Waals surface area contributed by atoms with Crippen LogP contribution in [0.25, 0.3) is 11.0 Å². The standard InChI is InChI=1S/C32H23ClN4O4S2/c1-4-13-36-23-8-6-5-7-22(23)32(29(36)40)25-26(38)21-14-17(2)18(3)15-24(21)41-27(25)28(39)37(32)30-34-35-31(43-30)42-16-19-9-11-20(33)12-10-19/h4-12,14-15H,1,13,16H2,2-3H3. The topological polar surface area (TPSA) is 96.6 Å². The van der Waals surface area contributed by atoms with Crippen LogP contribution >= 0.6 is 34.7 Å². The second-order valence-electron chi connectivity index (χ2n) is 10.4. The van der Waals surface area contributed by atoms with Gasteiger partial charge in [-0.25, -0.2) is 0 Å². The van der Waals surface area contributed by atoms with E-state index in [0.717, 1.165) is 16.7 Å². The number of nitrogens with zero attached hydrogens (tertiary/aromatic N) is 4. The van der Waals surface area contributed by atoms with Crippen molar-refractivity contribution in [2.75, 3.05) is 16.3 Å². The van der Waals surface area contributed by atoms with Crippen LogP contribution in [0.15, 0.2) is 86.9 Å². The number of thioether (sulfide) groups is 1. The van der Waals surface area contributed by atoms with E-state index in [0.29, 0.717) is 31.8 Å². The molecule has 7 rings (SSSR count). The molecule has 1 atom stereocenters. The quantitative estimate of drug-likeness (QED) is 0.118. The Hall–Kier alpha value is -4.25. The smallest absolute Gasteiger partial charge is 0.297 e. The van der Waals surface area contributed by atoms with Gasteiger partial charge in [-0.05, 0) is 60.9 Å². The van der Waals surface area contributed by atoms with Crippen molar-refractivity contribution >= 4 is 68.3 Å². The maximum atomic E-state index is 14.7. The second kappa shape index (κ2) is 10.2. The van der Waals surface area contributed by atoms with E-state index in [4.69, 9.17) is 16.0 Å². The maximum absolute atomic E-state index is 14.7. The van der Waals surface area contributed by atoms with Crippen molar-refractivity contribution in [3.63, 3.8) is 0 Å². The number of para-hydroxylation sites is 1. The van der Waals surface area contributed by atoms with Crippen LogP contribution in [0.5, 0.6) is 0 Å². The van der Waals surface area contributed by atoms with E-state index >= 15 is 0 Å². The Morgan fingerprint density at radius 2 is 1.79 bits per heavy atom. The van der Waals surface area contributed by atoms with E-state index in [9.17, 15) is 14.4 Å². The second-order valence-corrected chi connectivity index (χ2v) is 13.0. The van der Waals surface area contributed by atoms with E-state index in [1.165, 1.54) is 28.0 Å². The van der Waals surface area contributed by atoms with Crippen molar-refractivity contribution in [1.29, 1.82) is 0 Å². The zero-order valence-electron chi connectivity index (χ0n) is 23.1. The van der Waals surface area contributed by atoms with Gasteiger partial charge in [0, 0.05) is 22.9 Å². The van der Waals surface area contributed by atoms with Gasteiger partial charge in [-0.3, -0.25) is 19.3 Å².